The third-order valence-electron chi connectivity index (χ3n) is 3.12. The number of ether oxygens (including phenoxy) is 2. The van der Waals surface area contributed by atoms with Gasteiger partial charge in [0.2, 0.25) is 0 Å². The van der Waals surface area contributed by atoms with E-state index in [0.717, 1.165) is 24.5 Å². The Morgan fingerprint density at radius 1 is 1.16 bits per heavy atom. The fourth-order valence-corrected chi connectivity index (χ4v) is 1.90. The molecule has 1 rings (SSSR count). The van der Waals surface area contributed by atoms with Gasteiger partial charge in [0.25, 0.3) is 0 Å². The van der Waals surface area contributed by atoms with Crippen molar-refractivity contribution in [3.8, 4) is 11.5 Å². The van der Waals surface area contributed by atoms with Gasteiger partial charge in [0.1, 0.15) is 0 Å². The van der Waals surface area contributed by atoms with Crippen molar-refractivity contribution >= 4 is 0 Å². The van der Waals surface area contributed by atoms with Crippen LogP contribution in [0.15, 0.2) is 18.2 Å². The molecule has 2 unspecified atom stereocenters. The van der Waals surface area contributed by atoms with E-state index in [1.54, 1.807) is 14.2 Å². The molecule has 19 heavy (non-hydrogen) atoms. The van der Waals surface area contributed by atoms with E-state index < -0.39 is 0 Å². The largest absolute Gasteiger partial charge is 0.493 e. The normalized spacial score (nSPS) is 13.9. The second-order valence-electron chi connectivity index (χ2n) is 4.99. The van der Waals surface area contributed by atoms with Gasteiger partial charge >= 0.3 is 0 Å². The summed E-state index contributed by atoms with van der Waals surface area (Å²) in [6.45, 7) is 5.21. The summed E-state index contributed by atoms with van der Waals surface area (Å²) in [4.78, 5) is 0. The molecule has 0 radical (unpaired) electrons. The standard InChI is InChI=1S/C15H25NO3/c1-11(10-17)9-16-12(2)7-13-5-6-14(18-3)15(8-13)19-4/h5-6,8,11-12,16-17H,7,9-10H2,1-4H3. The number of hydrogen-bond donors (Lipinski definition) is 2. The maximum absolute atomic E-state index is 8.99. The molecule has 0 bridgehead atoms. The highest BCUT2D eigenvalue weighted by Crippen LogP contribution is 2.27. The molecule has 0 saturated carbocycles. The predicted octanol–water partition coefficient (Wildman–Crippen LogP) is 1.85. The van der Waals surface area contributed by atoms with Crippen LogP contribution in [0.3, 0.4) is 0 Å². The first-order valence-electron chi connectivity index (χ1n) is 6.65. The van der Waals surface area contributed by atoms with Crippen molar-refractivity contribution in [1.29, 1.82) is 0 Å². The maximum Gasteiger partial charge on any atom is 0.160 e. The Bertz CT molecular complexity index is 382. The van der Waals surface area contributed by atoms with Crippen molar-refractivity contribution in [2.24, 2.45) is 5.92 Å². The lowest BCUT2D eigenvalue weighted by Crippen LogP contribution is -2.32. The summed E-state index contributed by atoms with van der Waals surface area (Å²) in [5.74, 6) is 1.80. The first kappa shape index (κ1) is 15.8. The molecule has 4 heteroatoms. The van der Waals surface area contributed by atoms with Crippen LogP contribution in [0.25, 0.3) is 0 Å². The van der Waals surface area contributed by atoms with Gasteiger partial charge in [0, 0.05) is 19.2 Å². The Labute approximate surface area is 115 Å². The predicted molar refractivity (Wildman–Crippen MR) is 77.0 cm³/mol. The van der Waals surface area contributed by atoms with Crippen LogP contribution in [0.4, 0.5) is 0 Å². The fourth-order valence-electron chi connectivity index (χ4n) is 1.90. The van der Waals surface area contributed by atoms with Crippen molar-refractivity contribution in [3.05, 3.63) is 23.8 Å². The van der Waals surface area contributed by atoms with Gasteiger partial charge in [-0.3, -0.25) is 0 Å². The second kappa shape index (κ2) is 8.02. The summed E-state index contributed by atoms with van der Waals surface area (Å²) >= 11 is 0. The van der Waals surface area contributed by atoms with Crippen molar-refractivity contribution in [1.82, 2.24) is 5.32 Å². The zero-order chi connectivity index (χ0) is 14.3. The van der Waals surface area contributed by atoms with Crippen LogP contribution in [0, 0.1) is 5.92 Å². The van der Waals surface area contributed by atoms with Gasteiger partial charge in [-0.2, -0.15) is 0 Å². The third-order valence-corrected chi connectivity index (χ3v) is 3.12. The monoisotopic (exact) mass is 267 g/mol. The lowest BCUT2D eigenvalue weighted by molar-refractivity contribution is 0.230. The Morgan fingerprint density at radius 2 is 1.84 bits per heavy atom. The van der Waals surface area contributed by atoms with Crippen molar-refractivity contribution in [2.45, 2.75) is 26.3 Å². The lowest BCUT2D eigenvalue weighted by Gasteiger charge is -2.17. The minimum Gasteiger partial charge on any atom is -0.493 e. The molecule has 0 aliphatic rings. The SMILES string of the molecule is COc1ccc(CC(C)NCC(C)CO)cc1OC. The molecule has 0 aromatic heterocycles. The fraction of sp³-hybridized carbons (Fsp3) is 0.600. The molecule has 1 aromatic rings. The summed E-state index contributed by atoms with van der Waals surface area (Å²) < 4.78 is 10.5. The molecule has 0 fully saturated rings. The van der Waals surface area contributed by atoms with Crippen LogP contribution in [-0.2, 0) is 6.42 Å². The van der Waals surface area contributed by atoms with Gasteiger partial charge in [-0.1, -0.05) is 13.0 Å². The van der Waals surface area contributed by atoms with Crippen LogP contribution in [0.1, 0.15) is 19.4 Å². The summed E-state index contributed by atoms with van der Waals surface area (Å²) in [5.41, 5.74) is 1.20. The molecule has 0 aliphatic carbocycles. The van der Waals surface area contributed by atoms with E-state index in [9.17, 15) is 0 Å². The van der Waals surface area contributed by atoms with E-state index in [1.165, 1.54) is 5.56 Å². The summed E-state index contributed by atoms with van der Waals surface area (Å²) in [6.07, 6.45) is 0.915. The maximum atomic E-state index is 8.99. The van der Waals surface area contributed by atoms with Gasteiger partial charge in [0.05, 0.1) is 14.2 Å². The number of aliphatic hydroxyl groups is 1. The van der Waals surface area contributed by atoms with Crippen LogP contribution >= 0.6 is 0 Å². The number of rotatable bonds is 8. The molecule has 0 saturated heterocycles. The molecule has 108 valence electrons. The van der Waals surface area contributed by atoms with E-state index >= 15 is 0 Å². The summed E-state index contributed by atoms with van der Waals surface area (Å²) in [5, 5.41) is 12.4. The third kappa shape index (κ3) is 5.09. The highest BCUT2D eigenvalue weighted by molar-refractivity contribution is 5.43. The first-order valence-corrected chi connectivity index (χ1v) is 6.65. The summed E-state index contributed by atoms with van der Waals surface area (Å²) in [7, 11) is 3.28. The molecular formula is C15H25NO3. The van der Waals surface area contributed by atoms with Gasteiger partial charge in [0.15, 0.2) is 11.5 Å². The highest BCUT2D eigenvalue weighted by atomic mass is 16.5. The quantitative estimate of drug-likeness (QED) is 0.755. The average Bonchev–Trinajstić information content (AvgIpc) is 2.44. The first-order chi connectivity index (χ1) is 9.10. The van der Waals surface area contributed by atoms with E-state index in [-0.39, 0.29) is 12.5 Å². The summed E-state index contributed by atoms with van der Waals surface area (Å²) in [6, 6.07) is 6.34. The van der Waals surface area contributed by atoms with Crippen molar-refractivity contribution in [2.75, 3.05) is 27.4 Å². The zero-order valence-electron chi connectivity index (χ0n) is 12.3. The second-order valence-corrected chi connectivity index (χ2v) is 4.99. The highest BCUT2D eigenvalue weighted by Gasteiger charge is 2.09. The van der Waals surface area contributed by atoms with Crippen LogP contribution in [0.5, 0.6) is 11.5 Å². The van der Waals surface area contributed by atoms with E-state index in [2.05, 4.69) is 18.3 Å². The van der Waals surface area contributed by atoms with E-state index in [4.69, 9.17) is 14.6 Å². The molecule has 4 nitrogen and oxygen atoms in total. The van der Waals surface area contributed by atoms with Gasteiger partial charge in [-0.05, 0) is 37.0 Å². The molecule has 0 heterocycles. The Hall–Kier alpha value is -1.26. The minimum absolute atomic E-state index is 0.218. The number of aliphatic hydroxyl groups excluding tert-OH is 1. The van der Waals surface area contributed by atoms with Crippen LogP contribution < -0.4 is 14.8 Å². The molecule has 0 aliphatic heterocycles. The van der Waals surface area contributed by atoms with Crippen LogP contribution in [-0.4, -0.2) is 38.5 Å². The Morgan fingerprint density at radius 3 is 2.42 bits per heavy atom. The zero-order valence-corrected chi connectivity index (χ0v) is 12.3. The topological polar surface area (TPSA) is 50.7 Å². The van der Waals surface area contributed by atoms with Gasteiger partial charge in [-0.25, -0.2) is 0 Å². The Balaban J connectivity index is 2.56. The van der Waals surface area contributed by atoms with Crippen molar-refractivity contribution < 1.29 is 14.6 Å². The molecule has 2 atom stereocenters. The molecule has 1 aromatic carbocycles. The van der Waals surface area contributed by atoms with Gasteiger partial charge in [-0.15, -0.1) is 0 Å². The van der Waals surface area contributed by atoms with Crippen molar-refractivity contribution in [3.63, 3.8) is 0 Å². The van der Waals surface area contributed by atoms with E-state index in [0.29, 0.717) is 6.04 Å². The molecule has 0 spiro atoms. The Kier molecular flexibility index (Phi) is 6.67. The molecule has 2 N–H and O–H groups in total. The number of methoxy groups -OCH3 is 2. The number of nitrogens with one attached hydrogen (secondary N) is 1. The lowest BCUT2D eigenvalue weighted by atomic mass is 10.1. The average molecular weight is 267 g/mol. The van der Waals surface area contributed by atoms with E-state index in [1.807, 2.05) is 19.1 Å². The molecular weight excluding hydrogens is 242 g/mol. The van der Waals surface area contributed by atoms with Crippen LogP contribution in [0.2, 0.25) is 0 Å². The number of benzene rings is 1. The smallest absolute Gasteiger partial charge is 0.160 e. The molecule has 0 amide bonds. The number of hydrogen-bond acceptors (Lipinski definition) is 4. The van der Waals surface area contributed by atoms with Gasteiger partial charge < -0.3 is 19.9 Å². The minimum atomic E-state index is 0.218.